The predicted octanol–water partition coefficient (Wildman–Crippen LogP) is 3.69. The van der Waals surface area contributed by atoms with Gasteiger partial charge in [0.05, 0.1) is 29.8 Å². The smallest absolute Gasteiger partial charge is 0.255 e. The van der Waals surface area contributed by atoms with Crippen molar-refractivity contribution in [1.29, 1.82) is 0 Å². The molecule has 31 heavy (non-hydrogen) atoms. The standard InChI is InChI=1S/C23H22N4O3S/c1-16(22(28)24-13-18-9-5-11-30-18)25-23(29)19-15-27(14-17-7-3-2-4-8-17)26-21(19)20-10-6-12-31-20/h2-12,15-16H,13-14H2,1H3,(H,24,28)(H,25,29). The molecule has 1 atom stereocenters. The van der Waals surface area contributed by atoms with E-state index in [4.69, 9.17) is 4.42 Å². The lowest BCUT2D eigenvalue weighted by Crippen LogP contribution is -2.44. The van der Waals surface area contributed by atoms with Crippen molar-refractivity contribution < 1.29 is 14.0 Å². The molecule has 8 heteroatoms. The van der Waals surface area contributed by atoms with E-state index in [-0.39, 0.29) is 18.4 Å². The fourth-order valence-corrected chi connectivity index (χ4v) is 3.84. The van der Waals surface area contributed by atoms with Crippen LogP contribution in [-0.4, -0.2) is 27.6 Å². The molecular formula is C23H22N4O3S. The molecule has 0 saturated carbocycles. The highest BCUT2D eigenvalue weighted by molar-refractivity contribution is 7.13. The van der Waals surface area contributed by atoms with E-state index in [0.29, 0.717) is 23.6 Å². The molecule has 2 N–H and O–H groups in total. The van der Waals surface area contributed by atoms with Gasteiger partial charge in [-0.2, -0.15) is 5.10 Å². The molecule has 0 saturated heterocycles. The molecule has 0 spiro atoms. The molecular weight excluding hydrogens is 412 g/mol. The van der Waals surface area contributed by atoms with Gasteiger partial charge >= 0.3 is 0 Å². The number of furan rings is 1. The van der Waals surface area contributed by atoms with Crippen LogP contribution >= 0.6 is 11.3 Å². The minimum Gasteiger partial charge on any atom is -0.467 e. The van der Waals surface area contributed by atoms with Crippen molar-refractivity contribution in [3.05, 3.63) is 89.3 Å². The number of benzene rings is 1. The van der Waals surface area contributed by atoms with Crippen LogP contribution in [0.3, 0.4) is 0 Å². The quantitative estimate of drug-likeness (QED) is 0.443. The number of thiophene rings is 1. The Kier molecular flexibility index (Phi) is 6.28. The van der Waals surface area contributed by atoms with Gasteiger partial charge in [0, 0.05) is 6.20 Å². The second kappa shape index (κ2) is 9.44. The van der Waals surface area contributed by atoms with E-state index >= 15 is 0 Å². The maximum absolute atomic E-state index is 13.0. The molecule has 4 rings (SSSR count). The van der Waals surface area contributed by atoms with Crippen molar-refractivity contribution in [2.75, 3.05) is 0 Å². The summed E-state index contributed by atoms with van der Waals surface area (Å²) in [7, 11) is 0. The molecule has 1 aromatic carbocycles. The number of hydrogen-bond acceptors (Lipinski definition) is 5. The van der Waals surface area contributed by atoms with Gasteiger partial charge in [-0.3, -0.25) is 14.3 Å². The second-order valence-electron chi connectivity index (χ2n) is 7.04. The van der Waals surface area contributed by atoms with Crippen molar-refractivity contribution >= 4 is 23.2 Å². The first-order valence-electron chi connectivity index (χ1n) is 9.86. The normalized spacial score (nSPS) is 11.8. The van der Waals surface area contributed by atoms with Gasteiger partial charge in [-0.15, -0.1) is 11.3 Å². The van der Waals surface area contributed by atoms with E-state index in [1.807, 2.05) is 47.8 Å². The Labute approximate surface area is 183 Å². The Morgan fingerprint density at radius 1 is 1.13 bits per heavy atom. The number of nitrogens with one attached hydrogen (secondary N) is 2. The van der Waals surface area contributed by atoms with Crippen molar-refractivity contribution in [2.24, 2.45) is 0 Å². The topological polar surface area (TPSA) is 89.2 Å². The van der Waals surface area contributed by atoms with E-state index in [2.05, 4.69) is 15.7 Å². The Hall–Kier alpha value is -3.65. The van der Waals surface area contributed by atoms with Gasteiger partial charge in [0.2, 0.25) is 5.91 Å². The summed E-state index contributed by atoms with van der Waals surface area (Å²) in [4.78, 5) is 26.3. The minimum absolute atomic E-state index is 0.265. The summed E-state index contributed by atoms with van der Waals surface area (Å²) in [6, 6.07) is 16.6. The zero-order valence-corrected chi connectivity index (χ0v) is 17.8. The number of aromatic nitrogens is 2. The fraction of sp³-hybridized carbons (Fsp3) is 0.174. The SMILES string of the molecule is CC(NC(=O)c1cn(Cc2ccccc2)nc1-c1cccs1)C(=O)NCc1ccco1. The average Bonchev–Trinajstić information content (AvgIpc) is 3.54. The van der Waals surface area contributed by atoms with E-state index < -0.39 is 6.04 Å². The first-order chi connectivity index (χ1) is 15.1. The van der Waals surface area contributed by atoms with Crippen LogP contribution in [0.5, 0.6) is 0 Å². The van der Waals surface area contributed by atoms with Gasteiger partial charge in [-0.1, -0.05) is 36.4 Å². The summed E-state index contributed by atoms with van der Waals surface area (Å²) < 4.78 is 6.96. The van der Waals surface area contributed by atoms with Gasteiger partial charge in [0.15, 0.2) is 0 Å². The molecule has 0 aliphatic rings. The fourth-order valence-electron chi connectivity index (χ4n) is 3.11. The third kappa shape index (κ3) is 5.10. The van der Waals surface area contributed by atoms with Gasteiger partial charge in [0.1, 0.15) is 17.5 Å². The lowest BCUT2D eigenvalue weighted by Gasteiger charge is -2.13. The first-order valence-corrected chi connectivity index (χ1v) is 10.7. The number of nitrogens with zero attached hydrogens (tertiary/aromatic N) is 2. The Bertz CT molecular complexity index is 1140. The molecule has 0 aliphatic heterocycles. The summed E-state index contributed by atoms with van der Waals surface area (Å²) in [6.45, 7) is 2.46. The number of amides is 2. The van der Waals surface area contributed by atoms with Gasteiger partial charge in [-0.05, 0) is 36.1 Å². The van der Waals surface area contributed by atoms with Crippen molar-refractivity contribution in [1.82, 2.24) is 20.4 Å². The highest BCUT2D eigenvalue weighted by Gasteiger charge is 2.22. The summed E-state index contributed by atoms with van der Waals surface area (Å²) >= 11 is 1.51. The van der Waals surface area contributed by atoms with Gasteiger partial charge < -0.3 is 15.1 Å². The van der Waals surface area contributed by atoms with Gasteiger partial charge in [-0.25, -0.2) is 0 Å². The third-order valence-electron chi connectivity index (χ3n) is 4.71. The molecule has 1 unspecified atom stereocenters. The lowest BCUT2D eigenvalue weighted by atomic mass is 10.2. The highest BCUT2D eigenvalue weighted by Crippen LogP contribution is 2.27. The van der Waals surface area contributed by atoms with Crippen molar-refractivity contribution in [3.8, 4) is 10.6 Å². The predicted molar refractivity (Wildman–Crippen MR) is 119 cm³/mol. The van der Waals surface area contributed by atoms with E-state index in [1.54, 1.807) is 36.2 Å². The average molecular weight is 435 g/mol. The van der Waals surface area contributed by atoms with E-state index in [1.165, 1.54) is 11.3 Å². The Balaban J connectivity index is 1.48. The minimum atomic E-state index is -0.712. The molecule has 4 aromatic rings. The van der Waals surface area contributed by atoms with E-state index in [9.17, 15) is 9.59 Å². The first kappa shape index (κ1) is 20.6. The molecule has 0 bridgehead atoms. The molecule has 0 radical (unpaired) electrons. The highest BCUT2D eigenvalue weighted by atomic mass is 32.1. The summed E-state index contributed by atoms with van der Waals surface area (Å²) in [5, 5.41) is 12.1. The summed E-state index contributed by atoms with van der Waals surface area (Å²) in [5.41, 5.74) is 2.12. The molecule has 7 nitrogen and oxygen atoms in total. The zero-order valence-electron chi connectivity index (χ0n) is 16.9. The van der Waals surface area contributed by atoms with Crippen LogP contribution in [0.4, 0.5) is 0 Å². The lowest BCUT2D eigenvalue weighted by molar-refractivity contribution is -0.122. The Morgan fingerprint density at radius 3 is 2.68 bits per heavy atom. The van der Waals surface area contributed by atoms with Crippen LogP contribution < -0.4 is 10.6 Å². The number of rotatable bonds is 8. The van der Waals surface area contributed by atoms with Crippen LogP contribution in [0.1, 0.15) is 28.6 Å². The third-order valence-corrected chi connectivity index (χ3v) is 5.58. The monoisotopic (exact) mass is 434 g/mol. The van der Waals surface area contributed by atoms with Crippen LogP contribution in [-0.2, 0) is 17.9 Å². The van der Waals surface area contributed by atoms with Crippen molar-refractivity contribution in [2.45, 2.75) is 26.1 Å². The zero-order chi connectivity index (χ0) is 21.6. The molecule has 3 heterocycles. The maximum atomic E-state index is 13.0. The van der Waals surface area contributed by atoms with Crippen LogP contribution in [0.25, 0.3) is 10.6 Å². The maximum Gasteiger partial charge on any atom is 0.255 e. The molecule has 0 fully saturated rings. The summed E-state index contributed by atoms with van der Waals surface area (Å²) in [6.07, 6.45) is 3.27. The second-order valence-corrected chi connectivity index (χ2v) is 7.99. The number of carbonyl (C=O) groups is 2. The number of hydrogen-bond donors (Lipinski definition) is 2. The molecule has 3 aromatic heterocycles. The Morgan fingerprint density at radius 2 is 1.97 bits per heavy atom. The van der Waals surface area contributed by atoms with Gasteiger partial charge in [0.25, 0.3) is 5.91 Å². The molecule has 2 amide bonds. The van der Waals surface area contributed by atoms with Crippen LogP contribution in [0.15, 0.2) is 76.9 Å². The summed E-state index contributed by atoms with van der Waals surface area (Å²) in [5.74, 6) is 0.0107. The van der Waals surface area contributed by atoms with Crippen LogP contribution in [0.2, 0.25) is 0 Å². The van der Waals surface area contributed by atoms with Crippen molar-refractivity contribution in [3.63, 3.8) is 0 Å². The van der Waals surface area contributed by atoms with Crippen LogP contribution in [0, 0.1) is 0 Å². The van der Waals surface area contributed by atoms with E-state index in [0.717, 1.165) is 10.4 Å². The molecule has 158 valence electrons. The largest absolute Gasteiger partial charge is 0.467 e. The number of carbonyl (C=O) groups excluding carboxylic acids is 2. The molecule has 0 aliphatic carbocycles.